The number of aryl methyl sites for hydroxylation is 1. The lowest BCUT2D eigenvalue weighted by atomic mass is 9.84. The number of nitrogens with one attached hydrogen (secondary N) is 1. The Kier molecular flexibility index (Phi) is 5.69. The molecule has 118 valence electrons. The first-order valence-electron chi connectivity index (χ1n) is 8.57. The molecule has 1 aliphatic rings. The summed E-state index contributed by atoms with van der Waals surface area (Å²) in [7, 11) is 0. The van der Waals surface area contributed by atoms with Crippen molar-refractivity contribution in [2.75, 3.05) is 6.54 Å². The van der Waals surface area contributed by atoms with Gasteiger partial charge in [-0.3, -0.25) is 0 Å². The molecule has 0 saturated heterocycles. The quantitative estimate of drug-likeness (QED) is 0.695. The zero-order chi connectivity index (χ0) is 15.3. The minimum absolute atomic E-state index is 0.351. The fraction of sp³-hybridized carbons (Fsp3) is 0.684. The topological polar surface area (TPSA) is 32.3 Å². The van der Waals surface area contributed by atoms with Gasteiger partial charge in [-0.05, 0) is 54.4 Å². The molecule has 0 radical (unpaired) electrons. The van der Waals surface area contributed by atoms with E-state index in [0.717, 1.165) is 13.0 Å². The number of unbranched alkanes of at least 4 members (excludes halogenated alkanes) is 2. The molecule has 0 saturated carbocycles. The van der Waals surface area contributed by atoms with E-state index in [0.29, 0.717) is 17.2 Å². The Hall–Kier alpha value is -1.02. The number of fused-ring (bicyclic) bond motifs is 1. The van der Waals surface area contributed by atoms with Gasteiger partial charge in [-0.1, -0.05) is 46.1 Å². The van der Waals surface area contributed by atoms with E-state index in [1.54, 1.807) is 0 Å². The van der Waals surface area contributed by atoms with Crippen LogP contribution in [0.25, 0.3) is 0 Å². The predicted octanol–water partition coefficient (Wildman–Crippen LogP) is 4.97. The van der Waals surface area contributed by atoms with Crippen molar-refractivity contribution in [2.45, 2.75) is 71.8 Å². The molecule has 2 heteroatoms. The van der Waals surface area contributed by atoms with Gasteiger partial charge < -0.3 is 10.4 Å². The van der Waals surface area contributed by atoms with Crippen LogP contribution in [-0.4, -0.2) is 11.7 Å². The minimum Gasteiger partial charge on any atom is -0.508 e. The Balaban J connectivity index is 1.94. The van der Waals surface area contributed by atoms with E-state index in [4.69, 9.17) is 0 Å². The summed E-state index contributed by atoms with van der Waals surface area (Å²) in [6, 6.07) is 6.27. The molecule has 1 atom stereocenters. The van der Waals surface area contributed by atoms with E-state index in [1.807, 2.05) is 12.1 Å². The molecule has 0 bridgehead atoms. The standard InChI is InChI=1S/C19H31NO/c1-4-5-6-12-19(2,3)14-20-18-9-7-8-15-10-11-16(21)13-17(15)18/h10-11,13,18,20-21H,4-9,12,14H2,1-3H3. The third kappa shape index (κ3) is 4.74. The summed E-state index contributed by atoms with van der Waals surface area (Å²) in [6.45, 7) is 8.04. The van der Waals surface area contributed by atoms with Crippen LogP contribution in [0.5, 0.6) is 5.75 Å². The highest BCUT2D eigenvalue weighted by Crippen LogP contribution is 2.33. The van der Waals surface area contributed by atoms with Gasteiger partial charge in [-0.15, -0.1) is 0 Å². The van der Waals surface area contributed by atoms with Crippen LogP contribution >= 0.6 is 0 Å². The van der Waals surface area contributed by atoms with Crippen LogP contribution < -0.4 is 5.32 Å². The predicted molar refractivity (Wildman–Crippen MR) is 89.7 cm³/mol. The highest BCUT2D eigenvalue weighted by atomic mass is 16.3. The van der Waals surface area contributed by atoms with Gasteiger partial charge in [-0.25, -0.2) is 0 Å². The van der Waals surface area contributed by atoms with Crippen molar-refractivity contribution >= 4 is 0 Å². The maximum atomic E-state index is 9.75. The van der Waals surface area contributed by atoms with Crippen molar-refractivity contribution in [1.29, 1.82) is 0 Å². The minimum atomic E-state index is 0.351. The maximum absolute atomic E-state index is 9.75. The molecule has 1 aromatic carbocycles. The summed E-state index contributed by atoms with van der Waals surface area (Å²) in [5.74, 6) is 0.393. The molecular formula is C19H31NO. The summed E-state index contributed by atoms with van der Waals surface area (Å²) in [5, 5.41) is 13.5. The first kappa shape index (κ1) is 16.4. The van der Waals surface area contributed by atoms with E-state index in [1.165, 1.54) is 49.7 Å². The molecule has 2 rings (SSSR count). The molecule has 0 spiro atoms. The first-order chi connectivity index (χ1) is 10.0. The molecule has 1 unspecified atom stereocenters. The van der Waals surface area contributed by atoms with E-state index < -0.39 is 0 Å². The molecule has 0 aliphatic heterocycles. The second-order valence-electron chi connectivity index (χ2n) is 7.33. The zero-order valence-electron chi connectivity index (χ0n) is 13.9. The van der Waals surface area contributed by atoms with Gasteiger partial charge in [0, 0.05) is 12.6 Å². The van der Waals surface area contributed by atoms with Crippen molar-refractivity contribution in [3.8, 4) is 5.75 Å². The molecule has 21 heavy (non-hydrogen) atoms. The summed E-state index contributed by atoms with van der Waals surface area (Å²) in [4.78, 5) is 0. The molecule has 1 aliphatic carbocycles. The number of phenolic OH excluding ortho intramolecular Hbond substituents is 1. The van der Waals surface area contributed by atoms with Crippen LogP contribution in [0.1, 0.15) is 76.5 Å². The lowest BCUT2D eigenvalue weighted by Gasteiger charge is -2.32. The zero-order valence-corrected chi connectivity index (χ0v) is 13.9. The smallest absolute Gasteiger partial charge is 0.115 e. The lowest BCUT2D eigenvalue weighted by Crippen LogP contribution is -2.34. The summed E-state index contributed by atoms with van der Waals surface area (Å²) in [5.41, 5.74) is 3.06. The van der Waals surface area contributed by atoms with Gasteiger partial charge in [0.15, 0.2) is 0 Å². The Morgan fingerprint density at radius 1 is 1.29 bits per heavy atom. The maximum Gasteiger partial charge on any atom is 0.115 e. The van der Waals surface area contributed by atoms with Gasteiger partial charge in [0.05, 0.1) is 0 Å². The summed E-state index contributed by atoms with van der Waals surface area (Å²) >= 11 is 0. The van der Waals surface area contributed by atoms with Gasteiger partial charge in [-0.2, -0.15) is 0 Å². The number of rotatable bonds is 7. The Labute approximate surface area is 130 Å². The average Bonchev–Trinajstić information content (AvgIpc) is 2.45. The van der Waals surface area contributed by atoms with Crippen LogP contribution in [0.15, 0.2) is 18.2 Å². The molecule has 2 nitrogen and oxygen atoms in total. The SMILES string of the molecule is CCCCCC(C)(C)CNC1CCCc2ccc(O)cc21. The number of hydrogen-bond donors (Lipinski definition) is 2. The van der Waals surface area contributed by atoms with Crippen molar-refractivity contribution in [2.24, 2.45) is 5.41 Å². The van der Waals surface area contributed by atoms with Crippen LogP contribution in [0.3, 0.4) is 0 Å². The molecule has 1 aromatic rings. The highest BCUT2D eigenvalue weighted by molar-refractivity contribution is 5.38. The lowest BCUT2D eigenvalue weighted by molar-refractivity contribution is 0.279. The third-order valence-electron chi connectivity index (χ3n) is 4.73. The van der Waals surface area contributed by atoms with Gasteiger partial charge in [0.2, 0.25) is 0 Å². The molecule has 0 aromatic heterocycles. The fourth-order valence-corrected chi connectivity index (χ4v) is 3.34. The summed E-state index contributed by atoms with van der Waals surface area (Å²) in [6.07, 6.45) is 8.81. The monoisotopic (exact) mass is 289 g/mol. The second-order valence-corrected chi connectivity index (χ2v) is 7.33. The molecule has 0 fully saturated rings. The van der Waals surface area contributed by atoms with Crippen molar-refractivity contribution in [3.63, 3.8) is 0 Å². The molecule has 0 heterocycles. The number of phenols is 1. The van der Waals surface area contributed by atoms with Crippen molar-refractivity contribution in [3.05, 3.63) is 29.3 Å². The van der Waals surface area contributed by atoms with Gasteiger partial charge >= 0.3 is 0 Å². The van der Waals surface area contributed by atoms with Crippen molar-refractivity contribution in [1.82, 2.24) is 5.32 Å². The van der Waals surface area contributed by atoms with Crippen LogP contribution in [0, 0.1) is 5.41 Å². The Morgan fingerprint density at radius 2 is 2.10 bits per heavy atom. The van der Waals surface area contributed by atoms with E-state index in [2.05, 4.69) is 32.2 Å². The normalized spacial score (nSPS) is 18.5. The van der Waals surface area contributed by atoms with E-state index in [9.17, 15) is 5.11 Å². The van der Waals surface area contributed by atoms with Gasteiger partial charge in [0.1, 0.15) is 5.75 Å². The molecular weight excluding hydrogens is 258 g/mol. The second kappa shape index (κ2) is 7.31. The number of benzene rings is 1. The molecule has 2 N–H and O–H groups in total. The Morgan fingerprint density at radius 3 is 2.86 bits per heavy atom. The third-order valence-corrected chi connectivity index (χ3v) is 4.73. The summed E-state index contributed by atoms with van der Waals surface area (Å²) < 4.78 is 0. The highest BCUT2D eigenvalue weighted by Gasteiger charge is 2.23. The van der Waals surface area contributed by atoms with Crippen molar-refractivity contribution < 1.29 is 5.11 Å². The molecule has 0 amide bonds. The number of aromatic hydroxyl groups is 1. The largest absolute Gasteiger partial charge is 0.508 e. The van der Waals surface area contributed by atoms with Crippen LogP contribution in [-0.2, 0) is 6.42 Å². The fourth-order valence-electron chi connectivity index (χ4n) is 3.34. The van der Waals surface area contributed by atoms with E-state index >= 15 is 0 Å². The van der Waals surface area contributed by atoms with Crippen LogP contribution in [0.4, 0.5) is 0 Å². The first-order valence-corrected chi connectivity index (χ1v) is 8.57. The van der Waals surface area contributed by atoms with E-state index in [-0.39, 0.29) is 0 Å². The van der Waals surface area contributed by atoms with Gasteiger partial charge in [0.25, 0.3) is 0 Å². The Bertz CT molecular complexity index is 453. The van der Waals surface area contributed by atoms with Crippen LogP contribution in [0.2, 0.25) is 0 Å². The number of hydrogen-bond acceptors (Lipinski definition) is 2. The average molecular weight is 289 g/mol.